The molecule has 0 radical (unpaired) electrons. The van der Waals surface area contributed by atoms with Gasteiger partial charge < -0.3 is 0 Å². The molecule has 3 rings (SSSR count). The van der Waals surface area contributed by atoms with E-state index in [0.29, 0.717) is 11.4 Å². The van der Waals surface area contributed by atoms with Gasteiger partial charge in [-0.3, -0.25) is 9.59 Å². The van der Waals surface area contributed by atoms with Crippen LogP contribution in [0.5, 0.6) is 0 Å². The molecule has 1 aromatic rings. The molecule has 0 spiro atoms. The molecule has 1 aromatic carbocycles. The van der Waals surface area contributed by atoms with E-state index in [9.17, 15) is 9.59 Å². The van der Waals surface area contributed by atoms with Crippen molar-refractivity contribution in [3.63, 3.8) is 0 Å². The van der Waals surface area contributed by atoms with E-state index in [2.05, 4.69) is 20.8 Å². The van der Waals surface area contributed by atoms with Crippen LogP contribution in [0, 0.1) is 22.2 Å². The van der Waals surface area contributed by atoms with Gasteiger partial charge in [-0.1, -0.05) is 76.9 Å². The van der Waals surface area contributed by atoms with E-state index in [1.165, 1.54) is 0 Å². The van der Waals surface area contributed by atoms with Crippen molar-refractivity contribution < 1.29 is 9.59 Å². The Morgan fingerprint density at radius 1 is 0.920 bits per heavy atom. The summed E-state index contributed by atoms with van der Waals surface area (Å²) in [5.41, 5.74) is 0.490. The van der Waals surface area contributed by atoms with Gasteiger partial charge in [0.2, 0.25) is 0 Å². The fourth-order valence-corrected chi connectivity index (χ4v) is 4.67. The first-order valence-electron chi connectivity index (χ1n) is 8.97. The van der Waals surface area contributed by atoms with Crippen LogP contribution in [-0.2, 0) is 9.59 Å². The van der Waals surface area contributed by atoms with Gasteiger partial charge >= 0.3 is 0 Å². The SMILES string of the molecule is CC(C)(C)C1=C[C@@]2(C(C)(C)C)C(=O)[C@@H]1C[C@H](c1ccc(Cl)cc1)C2=O. The zero-order valence-corrected chi connectivity index (χ0v) is 16.7. The van der Waals surface area contributed by atoms with E-state index >= 15 is 0 Å². The number of hydrogen-bond acceptors (Lipinski definition) is 2. The molecule has 1 saturated carbocycles. The zero-order valence-electron chi connectivity index (χ0n) is 15.9. The number of hydrogen-bond donors (Lipinski definition) is 0. The highest BCUT2D eigenvalue weighted by Crippen LogP contribution is 2.60. The second-order valence-corrected chi connectivity index (χ2v) is 9.97. The Kier molecular flexibility index (Phi) is 4.07. The van der Waals surface area contributed by atoms with Crippen molar-refractivity contribution in [3.05, 3.63) is 46.5 Å². The molecule has 3 heteroatoms. The van der Waals surface area contributed by atoms with Gasteiger partial charge in [0.05, 0.1) is 0 Å². The van der Waals surface area contributed by atoms with Crippen molar-refractivity contribution in [2.24, 2.45) is 22.2 Å². The quantitative estimate of drug-likeness (QED) is 0.483. The summed E-state index contributed by atoms with van der Waals surface area (Å²) in [5.74, 6) is -0.282. The van der Waals surface area contributed by atoms with E-state index in [1.807, 2.05) is 51.1 Å². The Balaban J connectivity index is 2.17. The van der Waals surface area contributed by atoms with Crippen molar-refractivity contribution in [3.8, 4) is 0 Å². The third kappa shape index (κ3) is 2.61. The average molecular weight is 359 g/mol. The Morgan fingerprint density at radius 3 is 1.92 bits per heavy atom. The summed E-state index contributed by atoms with van der Waals surface area (Å²) in [6.07, 6.45) is 2.60. The monoisotopic (exact) mass is 358 g/mol. The van der Waals surface area contributed by atoms with Crippen LogP contribution in [0.15, 0.2) is 35.9 Å². The first-order chi connectivity index (χ1) is 11.4. The lowest BCUT2D eigenvalue weighted by Crippen LogP contribution is -2.52. The smallest absolute Gasteiger partial charge is 0.158 e. The zero-order chi connectivity index (χ0) is 18.8. The highest BCUT2D eigenvalue weighted by molar-refractivity contribution is 6.30. The lowest BCUT2D eigenvalue weighted by atomic mass is 9.55. The molecule has 0 unspecified atom stereocenters. The summed E-state index contributed by atoms with van der Waals surface area (Å²) in [6.45, 7) is 12.4. The number of halogens is 1. The number of benzene rings is 1. The second kappa shape index (κ2) is 5.54. The van der Waals surface area contributed by atoms with Gasteiger partial charge in [-0.25, -0.2) is 0 Å². The van der Waals surface area contributed by atoms with Crippen molar-refractivity contribution in [2.75, 3.05) is 0 Å². The molecule has 0 amide bonds. The number of carbonyl (C=O) groups is 2. The molecule has 0 heterocycles. The molecular weight excluding hydrogens is 332 g/mol. The fourth-order valence-electron chi connectivity index (χ4n) is 4.54. The Morgan fingerprint density at radius 2 is 1.44 bits per heavy atom. The van der Waals surface area contributed by atoms with Crippen LogP contribution >= 0.6 is 11.6 Å². The lowest BCUT2D eigenvalue weighted by molar-refractivity contribution is -0.149. The highest BCUT2D eigenvalue weighted by Gasteiger charge is 2.64. The van der Waals surface area contributed by atoms with E-state index in [4.69, 9.17) is 11.6 Å². The van der Waals surface area contributed by atoms with Crippen molar-refractivity contribution in [1.82, 2.24) is 0 Å². The Hall–Kier alpha value is -1.41. The van der Waals surface area contributed by atoms with E-state index < -0.39 is 10.8 Å². The summed E-state index contributed by atoms with van der Waals surface area (Å²) in [7, 11) is 0. The standard InChI is InChI=1S/C22H27ClO2/c1-20(2,3)17-12-22(21(4,5)6)18(24)15(11-16(17)19(22)25)13-7-9-14(23)10-8-13/h7-10,12,15-16H,11H2,1-6H3/t15-,16-,22+/m1/s1. The molecule has 25 heavy (non-hydrogen) atoms. The summed E-state index contributed by atoms with van der Waals surface area (Å²) in [4.78, 5) is 27.0. The lowest BCUT2D eigenvalue weighted by Gasteiger charge is -2.44. The van der Waals surface area contributed by atoms with Crippen LogP contribution < -0.4 is 0 Å². The number of allylic oxidation sites excluding steroid dienone is 2. The molecule has 0 N–H and O–H groups in total. The molecule has 1 fully saturated rings. The first kappa shape index (κ1) is 18.4. The topological polar surface area (TPSA) is 34.1 Å². The Bertz CT molecular complexity index is 759. The van der Waals surface area contributed by atoms with Crippen LogP contribution in [0.1, 0.15) is 59.4 Å². The largest absolute Gasteiger partial charge is 0.298 e. The molecule has 134 valence electrons. The summed E-state index contributed by atoms with van der Waals surface area (Å²) in [5, 5.41) is 0.657. The molecular formula is C22H27ClO2. The van der Waals surface area contributed by atoms with Crippen molar-refractivity contribution in [1.29, 1.82) is 0 Å². The van der Waals surface area contributed by atoms with E-state index in [1.54, 1.807) is 0 Å². The van der Waals surface area contributed by atoms with Crippen LogP contribution in [0.25, 0.3) is 0 Å². The molecule has 0 saturated heterocycles. The maximum atomic E-state index is 13.6. The summed E-state index contributed by atoms with van der Waals surface area (Å²) in [6, 6.07) is 7.50. The molecule has 2 bridgehead atoms. The van der Waals surface area contributed by atoms with E-state index in [-0.39, 0.29) is 28.8 Å². The molecule has 2 aliphatic rings. The van der Waals surface area contributed by atoms with Crippen molar-refractivity contribution in [2.45, 2.75) is 53.9 Å². The predicted molar refractivity (Wildman–Crippen MR) is 102 cm³/mol. The fraction of sp³-hybridized carbons (Fsp3) is 0.545. The first-order valence-corrected chi connectivity index (χ1v) is 9.35. The average Bonchev–Trinajstić information content (AvgIpc) is 2.69. The minimum Gasteiger partial charge on any atom is -0.298 e. The van der Waals surface area contributed by atoms with Crippen LogP contribution in [0.4, 0.5) is 0 Å². The third-order valence-corrected chi connectivity index (χ3v) is 6.20. The summed E-state index contributed by atoms with van der Waals surface area (Å²) < 4.78 is 0. The number of rotatable bonds is 1. The van der Waals surface area contributed by atoms with Gasteiger partial charge in [0.25, 0.3) is 0 Å². The highest BCUT2D eigenvalue weighted by atomic mass is 35.5. The van der Waals surface area contributed by atoms with E-state index in [0.717, 1.165) is 11.1 Å². The van der Waals surface area contributed by atoms with Crippen LogP contribution in [0.2, 0.25) is 5.02 Å². The number of ketones is 2. The number of fused-ring (bicyclic) bond motifs is 2. The molecule has 3 atom stereocenters. The van der Waals surface area contributed by atoms with Crippen LogP contribution in [0.3, 0.4) is 0 Å². The minimum absolute atomic E-state index is 0.0443. The van der Waals surface area contributed by atoms with Gasteiger partial charge in [-0.15, -0.1) is 0 Å². The minimum atomic E-state index is -1.02. The third-order valence-electron chi connectivity index (χ3n) is 5.95. The van der Waals surface area contributed by atoms with Gasteiger partial charge in [-0.2, -0.15) is 0 Å². The van der Waals surface area contributed by atoms with Gasteiger partial charge in [0.15, 0.2) is 11.6 Å². The van der Waals surface area contributed by atoms with Crippen molar-refractivity contribution >= 4 is 23.2 Å². The molecule has 2 aliphatic carbocycles. The number of Topliss-reactive ketones (excluding diaryl/α,β-unsaturated/α-hetero) is 2. The predicted octanol–water partition coefficient (Wildman–Crippen LogP) is 5.60. The Labute approximate surface area is 155 Å². The second-order valence-electron chi connectivity index (χ2n) is 9.53. The number of carbonyl (C=O) groups excluding carboxylic acids is 2. The van der Waals surface area contributed by atoms with Gasteiger partial charge in [-0.05, 0) is 34.9 Å². The molecule has 0 aliphatic heterocycles. The maximum Gasteiger partial charge on any atom is 0.158 e. The molecule has 2 nitrogen and oxygen atoms in total. The normalized spacial score (nSPS) is 29.8. The summed E-state index contributed by atoms with van der Waals surface area (Å²) >= 11 is 6.01. The van der Waals surface area contributed by atoms with Gasteiger partial charge in [0, 0.05) is 16.9 Å². The molecule has 0 aromatic heterocycles. The maximum absolute atomic E-state index is 13.6. The van der Waals surface area contributed by atoms with Crippen LogP contribution in [-0.4, -0.2) is 11.6 Å². The van der Waals surface area contributed by atoms with Gasteiger partial charge in [0.1, 0.15) is 5.41 Å².